The van der Waals surface area contributed by atoms with Gasteiger partial charge in [0.25, 0.3) is 5.56 Å². The van der Waals surface area contributed by atoms with Crippen LogP contribution in [0.5, 0.6) is 0 Å². The van der Waals surface area contributed by atoms with Crippen LogP contribution in [-0.4, -0.2) is 23.7 Å². The van der Waals surface area contributed by atoms with Crippen LogP contribution in [0.4, 0.5) is 5.69 Å². The maximum Gasteiger partial charge on any atom is 0.253 e. The van der Waals surface area contributed by atoms with Crippen molar-refractivity contribution >= 4 is 26.8 Å². The Morgan fingerprint density at radius 2 is 2.04 bits per heavy atom. The summed E-state index contributed by atoms with van der Waals surface area (Å²) in [6, 6.07) is 5.21. The molecule has 1 fully saturated rings. The van der Waals surface area contributed by atoms with E-state index in [4.69, 9.17) is 4.42 Å². The summed E-state index contributed by atoms with van der Waals surface area (Å²) in [6.45, 7) is 3.34. The summed E-state index contributed by atoms with van der Waals surface area (Å²) < 4.78 is 34.2. The van der Waals surface area contributed by atoms with Gasteiger partial charge in [0.05, 0.1) is 11.4 Å². The lowest BCUT2D eigenvalue weighted by atomic mass is 10.0. The van der Waals surface area contributed by atoms with Gasteiger partial charge in [-0.25, -0.2) is 13.4 Å². The molecule has 1 N–H and O–H groups in total. The molecule has 0 spiro atoms. The number of oxazole rings is 1. The van der Waals surface area contributed by atoms with E-state index in [0.717, 1.165) is 18.4 Å². The summed E-state index contributed by atoms with van der Waals surface area (Å²) in [5.41, 5.74) is 3.65. The molecule has 0 atom stereocenters. The van der Waals surface area contributed by atoms with E-state index in [1.54, 1.807) is 45.3 Å². The molecule has 7 nitrogen and oxygen atoms in total. The molecule has 0 radical (unpaired) electrons. The van der Waals surface area contributed by atoms with Crippen LogP contribution in [0.2, 0.25) is 0 Å². The Bertz CT molecular complexity index is 1180. The fourth-order valence-corrected chi connectivity index (χ4v) is 3.73. The number of rotatable bonds is 5. The van der Waals surface area contributed by atoms with Gasteiger partial charge in [0, 0.05) is 35.9 Å². The molecular formula is C19H21N3O4S. The second-order valence-electron chi connectivity index (χ2n) is 7.03. The van der Waals surface area contributed by atoms with Crippen molar-refractivity contribution in [2.24, 2.45) is 7.05 Å². The van der Waals surface area contributed by atoms with E-state index in [-0.39, 0.29) is 11.3 Å². The van der Waals surface area contributed by atoms with Gasteiger partial charge in [-0.1, -0.05) is 0 Å². The predicted molar refractivity (Wildman–Crippen MR) is 104 cm³/mol. The molecule has 8 heteroatoms. The van der Waals surface area contributed by atoms with Crippen molar-refractivity contribution in [3.8, 4) is 11.1 Å². The van der Waals surface area contributed by atoms with Gasteiger partial charge >= 0.3 is 0 Å². The number of aryl methyl sites for hydroxylation is 2. The third-order valence-electron chi connectivity index (χ3n) is 4.76. The van der Waals surface area contributed by atoms with Gasteiger partial charge in [-0.15, -0.1) is 0 Å². The Morgan fingerprint density at radius 3 is 2.67 bits per heavy atom. The molecule has 27 heavy (non-hydrogen) atoms. The topological polar surface area (TPSA) is 94.2 Å². The zero-order chi connectivity index (χ0) is 19.3. The lowest BCUT2D eigenvalue weighted by Gasteiger charge is -2.10. The molecule has 142 valence electrons. The van der Waals surface area contributed by atoms with Crippen molar-refractivity contribution in [1.29, 1.82) is 0 Å². The Balaban J connectivity index is 1.94. The van der Waals surface area contributed by atoms with E-state index in [9.17, 15) is 13.2 Å². The minimum atomic E-state index is -3.42. The molecule has 0 amide bonds. The number of benzene rings is 1. The number of fused-ring (bicyclic) bond motifs is 1. The van der Waals surface area contributed by atoms with Crippen LogP contribution in [0.15, 0.2) is 33.6 Å². The fraction of sp³-hybridized carbons (Fsp3) is 0.368. The van der Waals surface area contributed by atoms with E-state index in [2.05, 4.69) is 9.71 Å². The zero-order valence-corrected chi connectivity index (χ0v) is 16.3. The van der Waals surface area contributed by atoms with Crippen LogP contribution in [0.3, 0.4) is 0 Å². The average molecular weight is 387 g/mol. The highest BCUT2D eigenvalue weighted by Gasteiger charge is 2.29. The molecule has 0 bridgehead atoms. The Kier molecular flexibility index (Phi) is 4.10. The van der Waals surface area contributed by atoms with Crippen molar-refractivity contribution in [3.63, 3.8) is 0 Å². The molecule has 2 aromatic heterocycles. The van der Waals surface area contributed by atoms with Gasteiger partial charge in [0.15, 0.2) is 11.5 Å². The smallest absolute Gasteiger partial charge is 0.253 e. The average Bonchev–Trinajstić information content (AvgIpc) is 3.38. The summed E-state index contributed by atoms with van der Waals surface area (Å²) in [5, 5.41) is 0. The third kappa shape index (κ3) is 3.37. The van der Waals surface area contributed by atoms with E-state index < -0.39 is 10.0 Å². The number of nitrogens with one attached hydrogen (secondary N) is 1. The lowest BCUT2D eigenvalue weighted by molar-refractivity contribution is 0.534. The maximum atomic E-state index is 12.0. The van der Waals surface area contributed by atoms with Crippen LogP contribution < -0.4 is 10.3 Å². The minimum absolute atomic E-state index is 0.0224. The van der Waals surface area contributed by atoms with Crippen LogP contribution in [0, 0.1) is 6.92 Å². The van der Waals surface area contributed by atoms with Gasteiger partial charge in [-0.2, -0.15) is 0 Å². The largest absolute Gasteiger partial charge is 0.440 e. The van der Waals surface area contributed by atoms with Gasteiger partial charge in [-0.05, 0) is 44.9 Å². The molecule has 1 aliphatic rings. The molecule has 0 unspecified atom stereocenters. The van der Waals surface area contributed by atoms with E-state index in [1.165, 1.54) is 4.57 Å². The van der Waals surface area contributed by atoms with Crippen molar-refractivity contribution in [2.45, 2.75) is 32.6 Å². The first kappa shape index (κ1) is 17.8. The predicted octanol–water partition coefficient (Wildman–Crippen LogP) is 3.14. The summed E-state index contributed by atoms with van der Waals surface area (Å²) in [6.07, 6.45) is 3.83. The number of sulfonamides is 1. The quantitative estimate of drug-likeness (QED) is 0.726. The number of nitrogens with zero attached hydrogens (tertiary/aromatic N) is 2. The normalized spacial score (nSPS) is 14.6. The highest BCUT2D eigenvalue weighted by molar-refractivity contribution is 7.92. The number of hydrogen-bond donors (Lipinski definition) is 1. The van der Waals surface area contributed by atoms with E-state index in [1.807, 2.05) is 0 Å². The number of anilines is 1. The summed E-state index contributed by atoms with van der Waals surface area (Å²) in [7, 11) is -1.73. The molecule has 1 aliphatic carbocycles. The molecular weight excluding hydrogens is 366 g/mol. The molecule has 1 aromatic carbocycles. The summed E-state index contributed by atoms with van der Waals surface area (Å²) >= 11 is 0. The van der Waals surface area contributed by atoms with Gasteiger partial charge in [-0.3, -0.25) is 9.52 Å². The first-order chi connectivity index (χ1) is 12.8. The number of aromatic nitrogens is 2. The van der Waals surface area contributed by atoms with E-state index in [0.29, 0.717) is 39.7 Å². The first-order valence-electron chi connectivity index (χ1n) is 8.90. The second kappa shape index (κ2) is 6.23. The van der Waals surface area contributed by atoms with Gasteiger partial charge in [0.2, 0.25) is 10.0 Å². The van der Waals surface area contributed by atoms with Crippen molar-refractivity contribution in [3.05, 3.63) is 46.2 Å². The van der Waals surface area contributed by atoms with Crippen LogP contribution in [0.1, 0.15) is 37.1 Å². The van der Waals surface area contributed by atoms with Crippen LogP contribution in [0.25, 0.3) is 22.2 Å². The zero-order valence-electron chi connectivity index (χ0n) is 15.4. The first-order valence-corrected chi connectivity index (χ1v) is 10.6. The maximum absolute atomic E-state index is 12.0. The van der Waals surface area contributed by atoms with E-state index >= 15 is 0 Å². The molecule has 3 aromatic rings. The lowest BCUT2D eigenvalue weighted by Crippen LogP contribution is -2.18. The Hall–Kier alpha value is -2.61. The Labute approximate surface area is 157 Å². The van der Waals surface area contributed by atoms with Crippen molar-refractivity contribution in [1.82, 2.24) is 9.55 Å². The second-order valence-corrected chi connectivity index (χ2v) is 9.04. The highest BCUT2D eigenvalue weighted by atomic mass is 32.2. The summed E-state index contributed by atoms with van der Waals surface area (Å²) in [4.78, 5) is 16.6. The fourth-order valence-electron chi connectivity index (χ4n) is 3.10. The summed E-state index contributed by atoms with van der Waals surface area (Å²) in [5.74, 6) is 0.997. The molecule has 0 saturated heterocycles. The van der Waals surface area contributed by atoms with Gasteiger partial charge in [0.1, 0.15) is 5.52 Å². The van der Waals surface area contributed by atoms with Crippen molar-refractivity contribution in [2.75, 3.05) is 10.5 Å². The number of pyridine rings is 1. The van der Waals surface area contributed by atoms with Gasteiger partial charge < -0.3 is 8.98 Å². The molecule has 4 rings (SSSR count). The van der Waals surface area contributed by atoms with Crippen LogP contribution >= 0.6 is 0 Å². The minimum Gasteiger partial charge on any atom is -0.440 e. The standard InChI is InChI=1S/C19H21N3O4S/c1-4-27(24,25)21-14-8-15(13-7-11(2)19(23)22(3)10-13)17-16(9-14)20-18(26-17)12-5-6-12/h7-10,12,21H,4-6H2,1-3H3. The van der Waals surface area contributed by atoms with Crippen molar-refractivity contribution < 1.29 is 12.8 Å². The highest BCUT2D eigenvalue weighted by Crippen LogP contribution is 2.42. The molecule has 1 saturated carbocycles. The monoisotopic (exact) mass is 387 g/mol. The molecule has 2 heterocycles. The third-order valence-corrected chi connectivity index (χ3v) is 6.07. The number of hydrogen-bond acceptors (Lipinski definition) is 5. The molecule has 0 aliphatic heterocycles. The Morgan fingerprint density at radius 1 is 1.30 bits per heavy atom. The van der Waals surface area contributed by atoms with Crippen LogP contribution in [-0.2, 0) is 17.1 Å². The SMILES string of the molecule is CCS(=O)(=O)Nc1cc(-c2cc(C)c(=O)n(C)c2)c2oc(C3CC3)nc2c1.